The van der Waals surface area contributed by atoms with Crippen molar-refractivity contribution in [3.05, 3.63) is 0 Å². The summed E-state index contributed by atoms with van der Waals surface area (Å²) >= 11 is 0. The number of rotatable bonds is 5. The molecule has 0 saturated carbocycles. The quantitative estimate of drug-likeness (QED) is 0.668. The van der Waals surface area contributed by atoms with E-state index in [1.807, 2.05) is 0 Å². The average molecular weight is 343 g/mol. The Morgan fingerprint density at radius 2 is 1.79 bits per heavy atom. The Morgan fingerprint density at radius 1 is 1.12 bits per heavy atom. The van der Waals surface area contributed by atoms with E-state index in [0.717, 1.165) is 0 Å². The molecule has 0 aromatic rings. The van der Waals surface area contributed by atoms with E-state index in [-0.39, 0.29) is 19.0 Å². The predicted octanol–water partition coefficient (Wildman–Crippen LogP) is -0.209. The van der Waals surface area contributed by atoms with Crippen LogP contribution in [0.15, 0.2) is 0 Å². The van der Waals surface area contributed by atoms with Crippen LogP contribution in [0.5, 0.6) is 0 Å². The number of methoxy groups -OCH3 is 1. The molecule has 9 heteroatoms. The zero-order valence-electron chi connectivity index (χ0n) is 14.5. The third kappa shape index (κ3) is 6.43. The summed E-state index contributed by atoms with van der Waals surface area (Å²) in [6.45, 7) is 5.08. The van der Waals surface area contributed by atoms with Crippen LogP contribution in [0.3, 0.4) is 0 Å². The molecule has 1 rings (SSSR count). The highest BCUT2D eigenvalue weighted by Crippen LogP contribution is 2.17. The maximum Gasteiger partial charge on any atom is 0.408 e. The maximum absolute atomic E-state index is 12.2. The van der Waals surface area contributed by atoms with Gasteiger partial charge in [0.2, 0.25) is 11.8 Å². The minimum atomic E-state index is -0.693. The fourth-order valence-electron chi connectivity index (χ4n) is 2.25. The van der Waals surface area contributed by atoms with Gasteiger partial charge in [-0.1, -0.05) is 0 Å². The number of likely N-dealkylation sites (tertiary alicyclic amines) is 1. The molecule has 0 aliphatic carbocycles. The zero-order chi connectivity index (χ0) is 18.3. The third-order valence-electron chi connectivity index (χ3n) is 3.29. The highest BCUT2D eigenvalue weighted by molar-refractivity contribution is 5.91. The Bertz CT molecular complexity index is 500. The fourth-order valence-corrected chi connectivity index (χ4v) is 2.25. The minimum absolute atomic E-state index is 0.246. The monoisotopic (exact) mass is 343 g/mol. The van der Waals surface area contributed by atoms with Crippen molar-refractivity contribution in [3.63, 3.8) is 0 Å². The number of amides is 3. The number of alkyl carbamates (subject to hydrolysis) is 1. The molecule has 0 aromatic carbocycles. The molecule has 136 valence electrons. The van der Waals surface area contributed by atoms with Crippen LogP contribution in [0.25, 0.3) is 0 Å². The van der Waals surface area contributed by atoms with E-state index >= 15 is 0 Å². The average Bonchev–Trinajstić information content (AvgIpc) is 2.97. The molecule has 0 unspecified atom stereocenters. The van der Waals surface area contributed by atoms with Gasteiger partial charge in [-0.05, 0) is 33.6 Å². The van der Waals surface area contributed by atoms with E-state index in [2.05, 4.69) is 15.4 Å². The first-order valence-electron chi connectivity index (χ1n) is 7.75. The lowest BCUT2D eigenvalue weighted by Gasteiger charge is -2.24. The van der Waals surface area contributed by atoms with Gasteiger partial charge in [-0.2, -0.15) is 0 Å². The minimum Gasteiger partial charge on any atom is -0.468 e. The van der Waals surface area contributed by atoms with Crippen molar-refractivity contribution < 1.29 is 28.7 Å². The summed E-state index contributed by atoms with van der Waals surface area (Å²) in [7, 11) is 1.22. The van der Waals surface area contributed by atoms with Crippen LogP contribution in [-0.4, -0.2) is 67.2 Å². The van der Waals surface area contributed by atoms with Crippen molar-refractivity contribution in [2.24, 2.45) is 0 Å². The smallest absolute Gasteiger partial charge is 0.408 e. The Balaban J connectivity index is 2.49. The SMILES string of the molecule is COC(=O)CNC(=O)[C@H]1CCCN1C(=O)CNC(=O)OC(C)(C)C. The third-order valence-corrected chi connectivity index (χ3v) is 3.29. The molecular formula is C15H25N3O6. The number of carbonyl (C=O) groups is 4. The Hall–Kier alpha value is -2.32. The Labute approximate surface area is 141 Å². The topological polar surface area (TPSA) is 114 Å². The molecule has 0 radical (unpaired) electrons. The van der Waals surface area contributed by atoms with Gasteiger partial charge in [0, 0.05) is 6.54 Å². The molecule has 1 saturated heterocycles. The van der Waals surface area contributed by atoms with Crippen molar-refractivity contribution in [2.45, 2.75) is 45.3 Å². The summed E-state index contributed by atoms with van der Waals surface area (Å²) in [4.78, 5) is 48.3. The first-order chi connectivity index (χ1) is 11.1. The summed E-state index contributed by atoms with van der Waals surface area (Å²) in [5.41, 5.74) is -0.656. The van der Waals surface area contributed by atoms with Gasteiger partial charge in [0.15, 0.2) is 0 Å². The van der Waals surface area contributed by atoms with Gasteiger partial charge >= 0.3 is 12.1 Å². The number of carbonyl (C=O) groups excluding carboxylic acids is 4. The van der Waals surface area contributed by atoms with Crippen LogP contribution in [0, 0.1) is 0 Å². The second-order valence-electron chi connectivity index (χ2n) is 6.39. The van der Waals surface area contributed by atoms with Gasteiger partial charge in [-0.25, -0.2) is 4.79 Å². The second-order valence-corrected chi connectivity index (χ2v) is 6.39. The lowest BCUT2D eigenvalue weighted by molar-refractivity contribution is -0.142. The molecule has 0 spiro atoms. The normalized spacial score (nSPS) is 17.2. The predicted molar refractivity (Wildman–Crippen MR) is 84.0 cm³/mol. The summed E-state index contributed by atoms with van der Waals surface area (Å²) < 4.78 is 9.50. The molecule has 0 aromatic heterocycles. The van der Waals surface area contributed by atoms with Crippen molar-refractivity contribution in [1.82, 2.24) is 15.5 Å². The van der Waals surface area contributed by atoms with Gasteiger partial charge < -0.3 is 25.0 Å². The van der Waals surface area contributed by atoms with Crippen molar-refractivity contribution in [3.8, 4) is 0 Å². The molecule has 1 fully saturated rings. The van der Waals surface area contributed by atoms with Crippen LogP contribution in [0.1, 0.15) is 33.6 Å². The largest absolute Gasteiger partial charge is 0.468 e. The fraction of sp³-hybridized carbons (Fsp3) is 0.733. The first-order valence-corrected chi connectivity index (χ1v) is 7.75. The molecule has 24 heavy (non-hydrogen) atoms. The van der Waals surface area contributed by atoms with E-state index in [1.165, 1.54) is 12.0 Å². The molecule has 1 heterocycles. The van der Waals surface area contributed by atoms with Crippen LogP contribution in [0.2, 0.25) is 0 Å². The standard InChI is InChI=1S/C15H25N3O6/c1-15(2,3)24-14(22)17-8-11(19)18-7-5-6-10(18)13(21)16-9-12(20)23-4/h10H,5-9H2,1-4H3,(H,16,21)(H,17,22)/t10-/m1/s1. The van der Waals surface area contributed by atoms with Crippen LogP contribution < -0.4 is 10.6 Å². The molecule has 1 aliphatic heterocycles. The van der Waals surface area contributed by atoms with E-state index in [4.69, 9.17) is 4.74 Å². The molecule has 3 amide bonds. The highest BCUT2D eigenvalue weighted by atomic mass is 16.6. The van der Waals surface area contributed by atoms with Crippen molar-refractivity contribution >= 4 is 23.9 Å². The lowest BCUT2D eigenvalue weighted by Crippen LogP contribution is -2.50. The maximum atomic E-state index is 12.2. The first kappa shape index (κ1) is 19.7. The van der Waals surface area contributed by atoms with Gasteiger partial charge in [0.05, 0.1) is 7.11 Å². The number of nitrogens with zero attached hydrogens (tertiary/aromatic N) is 1. The number of ether oxygens (including phenoxy) is 2. The number of nitrogens with one attached hydrogen (secondary N) is 2. The second kappa shape index (κ2) is 8.51. The van der Waals surface area contributed by atoms with Crippen LogP contribution in [0.4, 0.5) is 4.79 Å². The highest BCUT2D eigenvalue weighted by Gasteiger charge is 2.34. The summed E-state index contributed by atoms with van der Waals surface area (Å²) in [5.74, 6) is -1.36. The molecule has 0 bridgehead atoms. The van der Waals surface area contributed by atoms with E-state index in [9.17, 15) is 19.2 Å². The van der Waals surface area contributed by atoms with E-state index < -0.39 is 29.6 Å². The Kier molecular flexibility index (Phi) is 6.99. The molecular weight excluding hydrogens is 318 g/mol. The van der Waals surface area contributed by atoms with Gasteiger partial charge in [-0.3, -0.25) is 14.4 Å². The number of esters is 1. The summed E-state index contributed by atoms with van der Waals surface area (Å²) in [5, 5.41) is 4.81. The summed E-state index contributed by atoms with van der Waals surface area (Å²) in [6.07, 6.45) is 0.487. The Morgan fingerprint density at radius 3 is 2.38 bits per heavy atom. The number of hydrogen-bond acceptors (Lipinski definition) is 6. The van der Waals surface area contributed by atoms with E-state index in [0.29, 0.717) is 19.4 Å². The molecule has 9 nitrogen and oxygen atoms in total. The lowest BCUT2D eigenvalue weighted by atomic mass is 10.2. The summed E-state index contributed by atoms with van der Waals surface area (Å²) in [6, 6.07) is -0.650. The molecule has 2 N–H and O–H groups in total. The van der Waals surface area contributed by atoms with Crippen LogP contribution >= 0.6 is 0 Å². The van der Waals surface area contributed by atoms with Crippen LogP contribution in [-0.2, 0) is 23.9 Å². The van der Waals surface area contributed by atoms with Gasteiger partial charge in [-0.15, -0.1) is 0 Å². The van der Waals surface area contributed by atoms with Gasteiger partial charge in [0.25, 0.3) is 0 Å². The van der Waals surface area contributed by atoms with E-state index in [1.54, 1.807) is 20.8 Å². The molecule has 1 atom stereocenters. The van der Waals surface area contributed by atoms with Crippen molar-refractivity contribution in [2.75, 3.05) is 26.7 Å². The van der Waals surface area contributed by atoms with Gasteiger partial charge in [0.1, 0.15) is 24.7 Å². The number of hydrogen-bond donors (Lipinski definition) is 2. The zero-order valence-corrected chi connectivity index (χ0v) is 14.5. The van der Waals surface area contributed by atoms with Crippen molar-refractivity contribution in [1.29, 1.82) is 0 Å². The molecule has 1 aliphatic rings.